The van der Waals surface area contributed by atoms with Crippen molar-refractivity contribution in [2.75, 3.05) is 0 Å². The third-order valence-corrected chi connectivity index (χ3v) is 5.06. The third-order valence-electron chi connectivity index (χ3n) is 4.06. The monoisotopic (exact) mass is 426 g/mol. The summed E-state index contributed by atoms with van der Waals surface area (Å²) in [6.45, 7) is 0. The van der Waals surface area contributed by atoms with E-state index < -0.39 is 28.6 Å². The maximum atomic E-state index is 13.2. The molecule has 0 aliphatic rings. The fourth-order valence-corrected chi connectivity index (χ4v) is 3.61. The quantitative estimate of drug-likeness (QED) is 0.322. The van der Waals surface area contributed by atoms with E-state index in [0.29, 0.717) is 11.8 Å². The molecule has 0 spiro atoms. The number of rotatable bonds is 3. The smallest absolute Gasteiger partial charge is 0.281 e. The van der Waals surface area contributed by atoms with Crippen LogP contribution in [0.4, 0.5) is 26.3 Å². The van der Waals surface area contributed by atoms with Gasteiger partial charge in [-0.2, -0.15) is 26.3 Å². The number of hydrogen-bond acceptors (Lipinski definition) is 2. The minimum atomic E-state index is -4.60. The Morgan fingerprint density at radius 1 is 0.655 bits per heavy atom. The molecule has 29 heavy (non-hydrogen) atoms. The second-order valence-corrected chi connectivity index (χ2v) is 7.02. The Kier molecular flexibility index (Phi) is 5.75. The Labute approximate surface area is 166 Å². The lowest BCUT2D eigenvalue weighted by molar-refractivity contribution is -0.140. The Hall–Kier alpha value is -2.74. The van der Waals surface area contributed by atoms with E-state index in [0.717, 1.165) is 12.1 Å². The van der Waals surface area contributed by atoms with Gasteiger partial charge in [-0.05, 0) is 53.2 Å². The average Bonchev–Trinajstić information content (AvgIpc) is 2.67. The highest BCUT2D eigenvalue weighted by molar-refractivity contribution is 8.14. The van der Waals surface area contributed by atoms with Crippen LogP contribution in [0.5, 0.6) is 0 Å². The molecule has 0 aliphatic carbocycles. The molecule has 3 aromatic carbocycles. The molecule has 0 amide bonds. The molecule has 0 aliphatic heterocycles. The first kappa shape index (κ1) is 21.0. The molecule has 0 N–H and O–H groups in total. The first-order valence-electron chi connectivity index (χ1n) is 8.22. The van der Waals surface area contributed by atoms with E-state index in [9.17, 15) is 31.1 Å². The SMILES string of the molecule is O=C(Sc1ccccc1C(F)(F)F)c1ccc(-c2ccccc2C(F)(F)F)cc1. The fourth-order valence-electron chi connectivity index (χ4n) is 2.72. The topological polar surface area (TPSA) is 17.1 Å². The average molecular weight is 426 g/mol. The van der Waals surface area contributed by atoms with Gasteiger partial charge in [-0.15, -0.1) is 0 Å². The van der Waals surface area contributed by atoms with E-state index in [2.05, 4.69) is 0 Å². The molecule has 0 atom stereocenters. The number of carbonyl (C=O) groups is 1. The van der Waals surface area contributed by atoms with E-state index in [4.69, 9.17) is 0 Å². The van der Waals surface area contributed by atoms with Crippen molar-refractivity contribution in [1.82, 2.24) is 0 Å². The van der Waals surface area contributed by atoms with Gasteiger partial charge in [0.1, 0.15) is 0 Å². The van der Waals surface area contributed by atoms with Gasteiger partial charge in [0.2, 0.25) is 5.12 Å². The van der Waals surface area contributed by atoms with Crippen LogP contribution in [0, 0.1) is 0 Å². The Morgan fingerprint density at radius 2 is 1.17 bits per heavy atom. The predicted molar refractivity (Wildman–Crippen MR) is 98.5 cm³/mol. The largest absolute Gasteiger partial charge is 0.417 e. The second kappa shape index (κ2) is 7.94. The molecule has 0 heterocycles. The highest BCUT2D eigenvalue weighted by Gasteiger charge is 2.34. The molecule has 0 unspecified atom stereocenters. The number of thioether (sulfide) groups is 1. The number of benzene rings is 3. The van der Waals surface area contributed by atoms with Gasteiger partial charge >= 0.3 is 12.4 Å². The number of halogens is 6. The Bertz CT molecular complexity index is 1020. The first-order chi connectivity index (χ1) is 13.6. The van der Waals surface area contributed by atoms with E-state index in [1.165, 1.54) is 60.7 Å². The maximum Gasteiger partial charge on any atom is 0.417 e. The lowest BCUT2D eigenvalue weighted by Gasteiger charge is -2.13. The molecule has 0 radical (unpaired) electrons. The third kappa shape index (κ3) is 4.82. The van der Waals surface area contributed by atoms with Crippen molar-refractivity contribution >= 4 is 16.9 Å². The van der Waals surface area contributed by atoms with E-state index >= 15 is 0 Å². The zero-order valence-corrected chi connectivity index (χ0v) is 15.3. The molecule has 0 fully saturated rings. The lowest BCUT2D eigenvalue weighted by Crippen LogP contribution is -2.07. The first-order valence-corrected chi connectivity index (χ1v) is 9.04. The normalized spacial score (nSPS) is 12.1. The van der Waals surface area contributed by atoms with Crippen LogP contribution in [0.2, 0.25) is 0 Å². The minimum Gasteiger partial charge on any atom is -0.281 e. The van der Waals surface area contributed by atoms with Gasteiger partial charge in [0.15, 0.2) is 0 Å². The van der Waals surface area contributed by atoms with Crippen LogP contribution < -0.4 is 0 Å². The zero-order chi connectivity index (χ0) is 21.2. The van der Waals surface area contributed by atoms with Crippen LogP contribution in [0.3, 0.4) is 0 Å². The highest BCUT2D eigenvalue weighted by Crippen LogP contribution is 2.39. The summed E-state index contributed by atoms with van der Waals surface area (Å²) in [5.74, 6) is 0. The van der Waals surface area contributed by atoms with E-state index in [1.54, 1.807) is 0 Å². The molecule has 8 heteroatoms. The van der Waals surface area contributed by atoms with Gasteiger partial charge in [-0.1, -0.05) is 42.5 Å². The number of alkyl halides is 6. The highest BCUT2D eigenvalue weighted by atomic mass is 32.2. The molecule has 0 bridgehead atoms. The van der Waals surface area contributed by atoms with Crippen molar-refractivity contribution in [3.63, 3.8) is 0 Å². The number of hydrogen-bond donors (Lipinski definition) is 0. The molecule has 0 saturated heterocycles. The van der Waals surface area contributed by atoms with Crippen molar-refractivity contribution in [2.45, 2.75) is 17.2 Å². The molecule has 0 saturated carbocycles. The van der Waals surface area contributed by atoms with Crippen LogP contribution >= 0.6 is 11.8 Å². The van der Waals surface area contributed by atoms with Crippen LogP contribution in [-0.2, 0) is 12.4 Å². The van der Waals surface area contributed by atoms with Crippen molar-refractivity contribution in [3.05, 3.63) is 89.5 Å². The second-order valence-electron chi connectivity index (χ2n) is 6.00. The van der Waals surface area contributed by atoms with Gasteiger partial charge in [-0.25, -0.2) is 0 Å². The summed E-state index contributed by atoms with van der Waals surface area (Å²) in [5, 5.41) is -0.641. The Morgan fingerprint density at radius 3 is 1.76 bits per heavy atom. The molecule has 1 nitrogen and oxygen atoms in total. The minimum absolute atomic E-state index is 0.0472. The summed E-state index contributed by atoms with van der Waals surface area (Å²) in [6.07, 6.45) is -9.14. The van der Waals surface area contributed by atoms with Crippen LogP contribution in [0.1, 0.15) is 21.5 Å². The lowest BCUT2D eigenvalue weighted by atomic mass is 9.98. The molecule has 0 aromatic heterocycles. The van der Waals surface area contributed by atoms with Gasteiger partial charge in [-0.3, -0.25) is 4.79 Å². The van der Waals surface area contributed by atoms with Gasteiger partial charge in [0, 0.05) is 10.5 Å². The standard InChI is InChI=1S/C21H12F6OS/c22-20(23,24)16-6-2-1-5-15(16)13-9-11-14(12-10-13)19(28)29-18-8-4-3-7-17(18)21(25,26)27/h1-12H. The summed E-state index contributed by atoms with van der Waals surface area (Å²) >= 11 is 0.420. The van der Waals surface area contributed by atoms with Crippen molar-refractivity contribution in [1.29, 1.82) is 0 Å². The van der Waals surface area contributed by atoms with Gasteiger partial charge in [0.25, 0.3) is 0 Å². The maximum absolute atomic E-state index is 13.2. The van der Waals surface area contributed by atoms with Crippen LogP contribution in [0.25, 0.3) is 11.1 Å². The molecule has 3 aromatic rings. The van der Waals surface area contributed by atoms with Crippen molar-refractivity contribution in [3.8, 4) is 11.1 Å². The van der Waals surface area contributed by atoms with Crippen molar-refractivity contribution in [2.24, 2.45) is 0 Å². The Balaban J connectivity index is 1.87. The molecular weight excluding hydrogens is 414 g/mol. The summed E-state index contributed by atoms with van der Waals surface area (Å²) < 4.78 is 78.7. The van der Waals surface area contributed by atoms with Crippen LogP contribution in [-0.4, -0.2) is 5.12 Å². The molecular formula is C21H12F6OS. The van der Waals surface area contributed by atoms with E-state index in [-0.39, 0.29) is 21.6 Å². The van der Waals surface area contributed by atoms with Crippen LogP contribution in [0.15, 0.2) is 77.7 Å². The zero-order valence-electron chi connectivity index (χ0n) is 14.5. The summed E-state index contributed by atoms with van der Waals surface area (Å²) in [6, 6.07) is 15.0. The van der Waals surface area contributed by atoms with E-state index in [1.807, 2.05) is 0 Å². The summed E-state index contributed by atoms with van der Waals surface area (Å²) in [7, 11) is 0. The van der Waals surface area contributed by atoms with Gasteiger partial charge in [0.05, 0.1) is 11.1 Å². The predicted octanol–water partition coefficient (Wildman–Crippen LogP) is 7.32. The molecule has 3 rings (SSSR count). The summed E-state index contributed by atoms with van der Waals surface area (Å²) in [5.41, 5.74) is -1.45. The number of carbonyl (C=O) groups excluding carboxylic acids is 1. The van der Waals surface area contributed by atoms with Crippen molar-refractivity contribution < 1.29 is 31.1 Å². The fraction of sp³-hybridized carbons (Fsp3) is 0.0952. The molecule has 150 valence electrons. The van der Waals surface area contributed by atoms with Gasteiger partial charge < -0.3 is 0 Å². The summed E-state index contributed by atoms with van der Waals surface area (Å²) in [4.78, 5) is 12.1.